The zero-order chi connectivity index (χ0) is 18.8. The minimum absolute atomic E-state index is 0.347. The van der Waals surface area contributed by atoms with E-state index < -0.39 is 0 Å². The molecule has 146 valence electrons. The van der Waals surface area contributed by atoms with Gasteiger partial charge in [-0.2, -0.15) is 5.10 Å². The molecule has 2 N–H and O–H groups in total. The summed E-state index contributed by atoms with van der Waals surface area (Å²) in [6.45, 7) is 2.56. The molecule has 0 radical (unpaired) electrons. The number of nitrogens with zero attached hydrogens (tertiary/aromatic N) is 4. The number of hydrogen-bond acceptors (Lipinski definition) is 5. The average molecular weight is 378 g/mol. The van der Waals surface area contributed by atoms with Crippen molar-refractivity contribution >= 4 is 0 Å². The van der Waals surface area contributed by atoms with Gasteiger partial charge in [0.1, 0.15) is 5.82 Å². The van der Waals surface area contributed by atoms with Gasteiger partial charge in [0.05, 0.1) is 19.0 Å². The van der Waals surface area contributed by atoms with Crippen LogP contribution in [0.4, 0.5) is 0 Å². The van der Waals surface area contributed by atoms with Crippen LogP contribution >= 0.6 is 0 Å². The van der Waals surface area contributed by atoms with E-state index >= 15 is 0 Å². The van der Waals surface area contributed by atoms with E-state index in [2.05, 4.69) is 32.1 Å². The van der Waals surface area contributed by atoms with Crippen LogP contribution < -0.4 is 5.32 Å². The summed E-state index contributed by atoms with van der Waals surface area (Å²) in [7, 11) is 0. The lowest BCUT2D eigenvalue weighted by Gasteiger charge is -2.39. The number of fused-ring (bicyclic) bond motifs is 1. The number of benzene rings is 1. The highest BCUT2D eigenvalue weighted by atomic mass is 16.5. The van der Waals surface area contributed by atoms with E-state index in [1.54, 1.807) is 6.33 Å². The molecule has 2 aliphatic rings. The topological polar surface area (TPSA) is 80.6 Å². The Hall–Kier alpha value is -2.51. The van der Waals surface area contributed by atoms with Crippen LogP contribution in [0, 0.1) is 0 Å². The van der Waals surface area contributed by atoms with Crippen molar-refractivity contribution in [3.05, 3.63) is 54.4 Å². The van der Waals surface area contributed by atoms with Crippen LogP contribution in [0.5, 0.6) is 0 Å². The summed E-state index contributed by atoms with van der Waals surface area (Å²) in [5, 5.41) is 8.52. The molecule has 1 aromatic carbocycles. The molecule has 0 spiro atoms. The lowest BCUT2D eigenvalue weighted by molar-refractivity contribution is -0.0282. The molecule has 0 amide bonds. The first-order valence-electron chi connectivity index (χ1n) is 10.2. The van der Waals surface area contributed by atoms with Crippen LogP contribution in [0.25, 0.3) is 11.4 Å². The Labute approximate surface area is 164 Å². The molecule has 5 rings (SSSR count). The second kappa shape index (κ2) is 7.85. The summed E-state index contributed by atoms with van der Waals surface area (Å²) < 4.78 is 8.06. The predicted octanol–water partition coefficient (Wildman–Crippen LogP) is 2.54. The van der Waals surface area contributed by atoms with Gasteiger partial charge in [-0.25, -0.2) is 14.6 Å². The maximum absolute atomic E-state index is 5.95. The number of morpholine rings is 1. The van der Waals surface area contributed by atoms with E-state index in [9.17, 15) is 0 Å². The SMILES string of the molecule is c1ccc(-c2nc([C@H]3CC[C@H]4OCCN[C@@H]4C3)n(CCc3cnc[nH]3)n2)cc1. The van der Waals surface area contributed by atoms with Gasteiger partial charge >= 0.3 is 0 Å². The minimum atomic E-state index is 0.347. The Morgan fingerprint density at radius 3 is 2.96 bits per heavy atom. The fraction of sp³-hybridized carbons (Fsp3) is 0.476. The van der Waals surface area contributed by atoms with Crippen molar-refractivity contribution in [2.75, 3.05) is 13.2 Å². The van der Waals surface area contributed by atoms with Crippen molar-refractivity contribution in [1.82, 2.24) is 30.0 Å². The molecule has 7 nitrogen and oxygen atoms in total. The number of ether oxygens (including phenoxy) is 1. The third kappa shape index (κ3) is 3.59. The number of imidazole rings is 1. The molecule has 1 aliphatic carbocycles. The summed E-state index contributed by atoms with van der Waals surface area (Å²) in [5.41, 5.74) is 2.19. The van der Waals surface area contributed by atoms with Gasteiger partial charge in [-0.3, -0.25) is 0 Å². The van der Waals surface area contributed by atoms with Crippen molar-refractivity contribution in [1.29, 1.82) is 0 Å². The van der Waals surface area contributed by atoms with Crippen LogP contribution in [0.2, 0.25) is 0 Å². The molecule has 3 heterocycles. The molecule has 0 unspecified atom stereocenters. The lowest BCUT2D eigenvalue weighted by atomic mass is 9.82. The van der Waals surface area contributed by atoms with Gasteiger partial charge in [0.25, 0.3) is 0 Å². The van der Waals surface area contributed by atoms with Gasteiger partial charge < -0.3 is 15.0 Å². The van der Waals surface area contributed by atoms with Crippen LogP contribution in [-0.4, -0.2) is 50.0 Å². The van der Waals surface area contributed by atoms with Crippen LogP contribution in [-0.2, 0) is 17.7 Å². The average Bonchev–Trinajstić information content (AvgIpc) is 3.42. The van der Waals surface area contributed by atoms with Gasteiger partial charge in [-0.05, 0) is 19.3 Å². The predicted molar refractivity (Wildman–Crippen MR) is 106 cm³/mol. The smallest absolute Gasteiger partial charge is 0.181 e. The largest absolute Gasteiger partial charge is 0.375 e. The van der Waals surface area contributed by atoms with Gasteiger partial charge in [0.15, 0.2) is 5.82 Å². The van der Waals surface area contributed by atoms with E-state index in [1.807, 2.05) is 24.4 Å². The second-order valence-electron chi connectivity index (χ2n) is 7.69. The Balaban J connectivity index is 1.42. The Bertz CT molecular complexity index is 891. The first-order valence-corrected chi connectivity index (χ1v) is 10.2. The summed E-state index contributed by atoms with van der Waals surface area (Å²) in [4.78, 5) is 12.3. The van der Waals surface area contributed by atoms with Gasteiger partial charge in [-0.15, -0.1) is 0 Å². The van der Waals surface area contributed by atoms with E-state index in [0.29, 0.717) is 18.1 Å². The van der Waals surface area contributed by atoms with Crippen molar-refractivity contribution in [3.8, 4) is 11.4 Å². The van der Waals surface area contributed by atoms with Crippen molar-refractivity contribution in [2.24, 2.45) is 0 Å². The summed E-state index contributed by atoms with van der Waals surface area (Å²) in [5.74, 6) is 2.32. The van der Waals surface area contributed by atoms with Crippen LogP contribution in [0.3, 0.4) is 0 Å². The third-order valence-electron chi connectivity index (χ3n) is 5.87. The van der Waals surface area contributed by atoms with Crippen LogP contribution in [0.15, 0.2) is 42.9 Å². The first-order chi connectivity index (χ1) is 13.9. The standard InChI is InChI=1S/C21H26N6O/c1-2-4-15(5-3-1)20-25-21(27(26-20)10-8-17-13-22-14-24-17)16-6-7-19-18(12-16)23-9-11-28-19/h1-5,13-14,16,18-19,23H,6-12H2,(H,22,24)/t16-,18+,19+/m0/s1. The van der Waals surface area contributed by atoms with Gasteiger partial charge in [0, 0.05) is 48.9 Å². The Morgan fingerprint density at radius 1 is 1.18 bits per heavy atom. The zero-order valence-electron chi connectivity index (χ0n) is 15.9. The molecule has 3 aromatic rings. The fourth-order valence-corrected chi connectivity index (χ4v) is 4.42. The molecule has 1 saturated heterocycles. The highest BCUT2D eigenvalue weighted by molar-refractivity contribution is 5.54. The van der Waals surface area contributed by atoms with E-state index in [-0.39, 0.29) is 0 Å². The molecule has 2 fully saturated rings. The fourth-order valence-electron chi connectivity index (χ4n) is 4.42. The lowest BCUT2D eigenvalue weighted by Crippen LogP contribution is -2.51. The molecule has 7 heteroatoms. The molecule has 1 saturated carbocycles. The summed E-state index contributed by atoms with van der Waals surface area (Å²) >= 11 is 0. The normalized spacial score (nSPS) is 24.8. The number of aromatic amines is 1. The second-order valence-corrected chi connectivity index (χ2v) is 7.69. The Morgan fingerprint density at radius 2 is 2.11 bits per heavy atom. The van der Waals surface area contributed by atoms with Gasteiger partial charge in [0.2, 0.25) is 0 Å². The molecule has 28 heavy (non-hydrogen) atoms. The number of hydrogen-bond donors (Lipinski definition) is 2. The number of nitrogens with one attached hydrogen (secondary N) is 2. The van der Waals surface area contributed by atoms with Crippen molar-refractivity contribution in [3.63, 3.8) is 0 Å². The zero-order valence-corrected chi connectivity index (χ0v) is 15.9. The van der Waals surface area contributed by atoms with E-state index in [1.165, 1.54) is 0 Å². The molecule has 1 aliphatic heterocycles. The Kier molecular flexibility index (Phi) is 4.93. The minimum Gasteiger partial charge on any atom is -0.375 e. The van der Waals surface area contributed by atoms with E-state index in [0.717, 1.165) is 68.3 Å². The third-order valence-corrected chi connectivity index (χ3v) is 5.87. The molecule has 0 bridgehead atoms. The molecule has 2 aromatic heterocycles. The monoisotopic (exact) mass is 378 g/mol. The highest BCUT2D eigenvalue weighted by Gasteiger charge is 2.35. The van der Waals surface area contributed by atoms with Gasteiger partial charge in [-0.1, -0.05) is 30.3 Å². The number of rotatable bonds is 5. The number of aryl methyl sites for hydroxylation is 2. The highest BCUT2D eigenvalue weighted by Crippen LogP contribution is 2.35. The molecular weight excluding hydrogens is 352 g/mol. The van der Waals surface area contributed by atoms with Crippen molar-refractivity contribution < 1.29 is 4.74 Å². The molecular formula is C21H26N6O. The first kappa shape index (κ1) is 17.6. The van der Waals surface area contributed by atoms with Crippen LogP contribution in [0.1, 0.15) is 36.7 Å². The maximum atomic E-state index is 5.95. The van der Waals surface area contributed by atoms with Crippen molar-refractivity contribution in [2.45, 2.75) is 50.3 Å². The molecule has 3 atom stereocenters. The summed E-state index contributed by atoms with van der Waals surface area (Å²) in [6, 6.07) is 10.7. The quantitative estimate of drug-likeness (QED) is 0.713. The number of H-pyrrole nitrogens is 1. The summed E-state index contributed by atoms with van der Waals surface area (Å²) in [6.07, 6.45) is 8.05. The number of aromatic nitrogens is 5. The van der Waals surface area contributed by atoms with E-state index in [4.69, 9.17) is 14.8 Å². The maximum Gasteiger partial charge on any atom is 0.181 e.